The second kappa shape index (κ2) is 9.96. The molecule has 4 aromatic carbocycles. The van der Waals surface area contributed by atoms with E-state index in [4.69, 9.17) is 16.3 Å². The third-order valence-electron chi connectivity index (χ3n) is 8.71. The van der Waals surface area contributed by atoms with Crippen LogP contribution < -0.4 is 4.74 Å². The molecule has 8 rings (SSSR count). The highest BCUT2D eigenvalue weighted by Crippen LogP contribution is 2.61. The first-order valence-corrected chi connectivity index (χ1v) is 14.1. The Bertz CT molecular complexity index is 1670. The monoisotopic (exact) mass is 576 g/mol. The molecule has 1 fully saturated rings. The van der Waals surface area contributed by atoms with Crippen molar-refractivity contribution in [2.75, 3.05) is 13.7 Å². The number of nitrogens with zero attached hydrogens (tertiary/aromatic N) is 2. The number of ether oxygens (including phenoxy) is 1. The molecule has 208 valence electrons. The number of imide groups is 1. The molecule has 0 unspecified atom stereocenters. The molecule has 1 heterocycles. The molecule has 42 heavy (non-hydrogen) atoms. The Kier molecular flexibility index (Phi) is 6.21. The Labute approximate surface area is 247 Å². The summed E-state index contributed by atoms with van der Waals surface area (Å²) in [5.74, 6) is -3.66. The van der Waals surface area contributed by atoms with E-state index in [1.807, 2.05) is 48.5 Å². The van der Waals surface area contributed by atoms with Crippen molar-refractivity contribution in [1.29, 1.82) is 0 Å². The number of benzene rings is 4. The maximum Gasteiger partial charge on any atom is 0.274 e. The Morgan fingerprint density at radius 1 is 0.738 bits per heavy atom. The van der Waals surface area contributed by atoms with Gasteiger partial charge in [-0.05, 0) is 58.7 Å². The highest BCUT2D eigenvalue weighted by molar-refractivity contribution is 6.34. The van der Waals surface area contributed by atoms with Gasteiger partial charge in [-0.2, -0.15) is 5.01 Å². The summed E-state index contributed by atoms with van der Waals surface area (Å²) in [4.78, 5) is 56.3. The average Bonchev–Trinajstić information content (AvgIpc) is 3.29. The molecule has 0 saturated carbocycles. The number of hydrogen-bond acceptors (Lipinski definition) is 5. The van der Waals surface area contributed by atoms with Crippen LogP contribution in [-0.4, -0.2) is 47.2 Å². The molecule has 0 radical (unpaired) electrons. The highest BCUT2D eigenvalue weighted by Gasteiger charge is 2.63. The summed E-state index contributed by atoms with van der Waals surface area (Å²) < 4.78 is 5.19. The topological polar surface area (TPSA) is 84.0 Å². The van der Waals surface area contributed by atoms with Gasteiger partial charge in [0.15, 0.2) is 5.78 Å². The maximum absolute atomic E-state index is 14.4. The van der Waals surface area contributed by atoms with Crippen LogP contribution in [0.15, 0.2) is 97.1 Å². The number of rotatable bonds is 6. The summed E-state index contributed by atoms with van der Waals surface area (Å²) in [6.07, 6.45) is 0. The van der Waals surface area contributed by atoms with Gasteiger partial charge in [-0.1, -0.05) is 72.3 Å². The lowest BCUT2D eigenvalue weighted by Crippen LogP contribution is -2.52. The third kappa shape index (κ3) is 3.80. The largest absolute Gasteiger partial charge is 0.497 e. The Balaban J connectivity index is 1.32. The van der Waals surface area contributed by atoms with Crippen LogP contribution in [-0.2, 0) is 9.59 Å². The molecular weight excluding hydrogens is 552 g/mol. The van der Waals surface area contributed by atoms with Crippen LogP contribution in [0.4, 0.5) is 0 Å². The third-order valence-corrected chi connectivity index (χ3v) is 9.04. The lowest BCUT2D eigenvalue weighted by molar-refractivity contribution is -0.154. The van der Waals surface area contributed by atoms with Gasteiger partial charge in [-0.25, -0.2) is 5.01 Å². The quantitative estimate of drug-likeness (QED) is 0.224. The van der Waals surface area contributed by atoms with Crippen LogP contribution in [0.3, 0.4) is 0 Å². The van der Waals surface area contributed by atoms with E-state index in [-0.39, 0.29) is 22.4 Å². The highest BCUT2D eigenvalue weighted by atomic mass is 35.5. The van der Waals surface area contributed by atoms with Gasteiger partial charge in [-0.15, -0.1) is 0 Å². The van der Waals surface area contributed by atoms with Crippen LogP contribution >= 0.6 is 11.6 Å². The second-order valence-corrected chi connectivity index (χ2v) is 11.2. The predicted octanol–water partition coefficient (Wildman–Crippen LogP) is 5.48. The van der Waals surface area contributed by atoms with Gasteiger partial charge in [0.05, 0.1) is 29.5 Å². The molecule has 0 aromatic heterocycles. The zero-order chi connectivity index (χ0) is 29.1. The molecule has 0 N–H and O–H groups in total. The van der Waals surface area contributed by atoms with E-state index in [0.717, 1.165) is 32.3 Å². The van der Waals surface area contributed by atoms with E-state index in [9.17, 15) is 19.2 Å². The van der Waals surface area contributed by atoms with Gasteiger partial charge in [0.2, 0.25) is 0 Å². The lowest BCUT2D eigenvalue weighted by Gasteiger charge is -2.45. The van der Waals surface area contributed by atoms with E-state index in [1.165, 1.54) is 13.2 Å². The smallest absolute Gasteiger partial charge is 0.274 e. The molecule has 2 bridgehead atoms. The normalized spacial score (nSPS) is 21.4. The summed E-state index contributed by atoms with van der Waals surface area (Å²) in [6.45, 7) is -0.525. The zero-order valence-corrected chi connectivity index (χ0v) is 23.3. The Morgan fingerprint density at radius 3 is 1.69 bits per heavy atom. The molecule has 2 atom stereocenters. The lowest BCUT2D eigenvalue weighted by atomic mass is 9.55. The van der Waals surface area contributed by atoms with Gasteiger partial charge in [0.1, 0.15) is 12.3 Å². The summed E-state index contributed by atoms with van der Waals surface area (Å²) in [5.41, 5.74) is 4.47. The zero-order valence-electron chi connectivity index (χ0n) is 22.6. The summed E-state index contributed by atoms with van der Waals surface area (Å²) in [7, 11) is 1.52. The van der Waals surface area contributed by atoms with Crippen LogP contribution in [0.2, 0.25) is 5.02 Å². The molecule has 1 saturated heterocycles. The van der Waals surface area contributed by atoms with Crippen LogP contribution in [0.5, 0.6) is 5.75 Å². The fourth-order valence-electron chi connectivity index (χ4n) is 6.91. The number of carbonyl (C=O) groups is 4. The molecule has 8 heteroatoms. The van der Waals surface area contributed by atoms with Crippen LogP contribution in [0, 0.1) is 11.8 Å². The molecule has 4 aliphatic rings. The van der Waals surface area contributed by atoms with Crippen molar-refractivity contribution in [2.24, 2.45) is 11.8 Å². The second-order valence-electron chi connectivity index (χ2n) is 10.7. The van der Waals surface area contributed by atoms with E-state index >= 15 is 0 Å². The van der Waals surface area contributed by atoms with Crippen molar-refractivity contribution < 1.29 is 23.9 Å². The van der Waals surface area contributed by atoms with Crippen LogP contribution in [0.25, 0.3) is 0 Å². The minimum Gasteiger partial charge on any atom is -0.497 e. The van der Waals surface area contributed by atoms with Gasteiger partial charge in [-0.3, -0.25) is 19.2 Å². The number of hydrogen-bond donors (Lipinski definition) is 0. The summed E-state index contributed by atoms with van der Waals surface area (Å²) in [5, 5.41) is 2.05. The molecule has 3 amide bonds. The first-order valence-electron chi connectivity index (χ1n) is 13.7. The molecular formula is C34H25ClN2O5. The van der Waals surface area contributed by atoms with E-state index < -0.39 is 41.9 Å². The van der Waals surface area contributed by atoms with E-state index in [0.29, 0.717) is 11.3 Å². The van der Waals surface area contributed by atoms with Gasteiger partial charge in [0, 0.05) is 17.4 Å². The van der Waals surface area contributed by atoms with Crippen molar-refractivity contribution in [3.63, 3.8) is 0 Å². The van der Waals surface area contributed by atoms with E-state index in [1.54, 1.807) is 42.5 Å². The summed E-state index contributed by atoms with van der Waals surface area (Å²) >= 11 is 6.39. The van der Waals surface area contributed by atoms with Gasteiger partial charge >= 0.3 is 0 Å². The molecule has 4 aromatic rings. The fourth-order valence-corrected chi connectivity index (χ4v) is 7.13. The maximum atomic E-state index is 14.4. The van der Waals surface area contributed by atoms with Crippen molar-refractivity contribution in [2.45, 2.75) is 11.8 Å². The number of methoxy groups -OCH3 is 1. The Morgan fingerprint density at radius 2 is 1.21 bits per heavy atom. The first kappa shape index (κ1) is 26.2. The van der Waals surface area contributed by atoms with Crippen molar-refractivity contribution >= 4 is 35.1 Å². The minimum atomic E-state index is -0.704. The number of Topliss-reactive ketones (excluding diaryl/α,β-unsaturated/α-hetero) is 1. The molecule has 0 spiro atoms. The first-order chi connectivity index (χ1) is 20.4. The van der Waals surface area contributed by atoms with Crippen molar-refractivity contribution in [3.05, 3.63) is 135 Å². The Hall–Kier alpha value is -4.75. The summed E-state index contributed by atoms with van der Waals surface area (Å²) in [6, 6.07) is 28.7. The molecule has 7 nitrogen and oxygen atoms in total. The molecule has 1 aliphatic heterocycles. The SMILES string of the molecule is COc1ccc(C(=O)CN(C(=O)c2ccccc2Cl)N2C(=O)[C@@H]3C4c5ccccc5C(c5ccccc54)[C@@H]3C2=O)cc1. The number of hydrazine groups is 1. The van der Waals surface area contributed by atoms with Gasteiger partial charge in [0.25, 0.3) is 17.7 Å². The van der Waals surface area contributed by atoms with Crippen molar-refractivity contribution in [3.8, 4) is 5.75 Å². The number of ketones is 1. The van der Waals surface area contributed by atoms with E-state index in [2.05, 4.69) is 0 Å². The van der Waals surface area contributed by atoms with Crippen molar-refractivity contribution in [1.82, 2.24) is 10.0 Å². The number of amides is 3. The number of carbonyl (C=O) groups excluding carboxylic acids is 4. The average molecular weight is 577 g/mol. The predicted molar refractivity (Wildman–Crippen MR) is 155 cm³/mol. The molecule has 3 aliphatic carbocycles. The van der Waals surface area contributed by atoms with Crippen LogP contribution in [0.1, 0.15) is 54.8 Å². The standard InChI is InChI=1S/C34H25ClN2O5/c1-42-20-16-14-19(15-17-20)27(38)18-36(32(39)25-12-6-7-13-26(25)35)37-33(40)30-28-21-8-2-3-9-22(21)29(31(30)34(37)41)24-11-5-4-10-23(24)28/h2-17,28-31H,18H2,1H3/t28?,29?,30-,31+. The number of halogens is 1. The minimum absolute atomic E-state index is 0.0895. The van der Waals surface area contributed by atoms with Gasteiger partial charge < -0.3 is 4.74 Å². The fraction of sp³-hybridized carbons (Fsp3) is 0.176.